The predicted molar refractivity (Wildman–Crippen MR) is 63.3 cm³/mol. The van der Waals surface area contributed by atoms with Crippen LogP contribution >= 0.6 is 0 Å². The second-order valence-electron chi connectivity index (χ2n) is 4.10. The van der Waals surface area contributed by atoms with Gasteiger partial charge < -0.3 is 10.1 Å². The lowest BCUT2D eigenvalue weighted by Gasteiger charge is -2.08. The summed E-state index contributed by atoms with van der Waals surface area (Å²) < 4.78 is 4.77. The summed E-state index contributed by atoms with van der Waals surface area (Å²) in [6.45, 7) is 0.766. The second kappa shape index (κ2) is 5.55. The average Bonchev–Trinajstić information content (AvgIpc) is 2.92. The van der Waals surface area contributed by atoms with Gasteiger partial charge in [0.25, 0.3) is 0 Å². The topological polar surface area (TPSA) is 72.5 Å². The Morgan fingerprint density at radius 3 is 2.56 bits per heavy atom. The van der Waals surface area contributed by atoms with Crippen molar-refractivity contribution in [2.24, 2.45) is 0 Å². The molecule has 2 rings (SSSR count). The Labute approximate surface area is 104 Å². The van der Waals surface area contributed by atoms with Gasteiger partial charge in [0.05, 0.1) is 5.56 Å². The lowest BCUT2D eigenvalue weighted by molar-refractivity contribution is -0.139. The monoisotopic (exact) mass is 247 g/mol. The number of rotatable bonds is 3. The molecule has 18 heavy (non-hydrogen) atoms. The maximum absolute atomic E-state index is 11.7. The number of nitrogens with one attached hydrogen (secondary N) is 1. The summed E-state index contributed by atoms with van der Waals surface area (Å²) in [5.74, 6) is -1.23. The van der Waals surface area contributed by atoms with Crippen LogP contribution in [0.5, 0.6) is 0 Å². The number of hydrogen-bond acceptors (Lipinski definition) is 5. The standard InChI is InChI=1S/C13H13NO4/c15-8-9-3-5-10(6-4-9)12(16)18-13(17)11-2-1-7-14-11/h3-6,8,11,14H,1-2,7H2/t11-/m1/s1. The summed E-state index contributed by atoms with van der Waals surface area (Å²) >= 11 is 0. The number of hydrogen-bond donors (Lipinski definition) is 1. The number of carbonyl (C=O) groups excluding carboxylic acids is 3. The Kier molecular flexibility index (Phi) is 3.84. The minimum atomic E-state index is -0.689. The smallest absolute Gasteiger partial charge is 0.345 e. The first kappa shape index (κ1) is 12.4. The number of carbonyl (C=O) groups is 3. The van der Waals surface area contributed by atoms with Gasteiger partial charge in [-0.05, 0) is 31.5 Å². The Morgan fingerprint density at radius 2 is 2.00 bits per heavy atom. The first-order valence-corrected chi connectivity index (χ1v) is 5.75. The van der Waals surface area contributed by atoms with Crippen molar-refractivity contribution in [1.82, 2.24) is 5.32 Å². The third kappa shape index (κ3) is 2.81. The van der Waals surface area contributed by atoms with E-state index in [1.807, 2.05) is 0 Å². The summed E-state index contributed by atoms with van der Waals surface area (Å²) in [5.41, 5.74) is 0.724. The fourth-order valence-corrected chi connectivity index (χ4v) is 1.80. The fourth-order valence-electron chi connectivity index (χ4n) is 1.80. The highest BCUT2D eigenvalue weighted by Crippen LogP contribution is 2.09. The zero-order valence-corrected chi connectivity index (χ0v) is 9.72. The van der Waals surface area contributed by atoms with E-state index in [4.69, 9.17) is 4.74 Å². The second-order valence-corrected chi connectivity index (χ2v) is 4.10. The van der Waals surface area contributed by atoms with Gasteiger partial charge in [-0.2, -0.15) is 0 Å². The average molecular weight is 247 g/mol. The molecule has 1 aliphatic rings. The number of aldehydes is 1. The summed E-state index contributed by atoms with van der Waals surface area (Å²) in [6.07, 6.45) is 2.28. The molecule has 0 unspecified atom stereocenters. The molecule has 5 heteroatoms. The van der Waals surface area contributed by atoms with Crippen molar-refractivity contribution in [2.45, 2.75) is 18.9 Å². The molecule has 0 saturated carbocycles. The van der Waals surface area contributed by atoms with Crippen molar-refractivity contribution in [3.05, 3.63) is 35.4 Å². The van der Waals surface area contributed by atoms with Crippen molar-refractivity contribution in [3.8, 4) is 0 Å². The van der Waals surface area contributed by atoms with E-state index < -0.39 is 11.9 Å². The molecule has 0 bridgehead atoms. The van der Waals surface area contributed by atoms with Gasteiger partial charge in [0.15, 0.2) is 0 Å². The maximum atomic E-state index is 11.7. The molecule has 1 aliphatic heterocycles. The highest BCUT2D eigenvalue weighted by molar-refractivity contribution is 5.98. The van der Waals surface area contributed by atoms with Crippen LogP contribution in [0.3, 0.4) is 0 Å². The molecule has 1 aromatic rings. The Balaban J connectivity index is 1.97. The van der Waals surface area contributed by atoms with Gasteiger partial charge >= 0.3 is 11.9 Å². The number of esters is 2. The molecule has 1 N–H and O–H groups in total. The van der Waals surface area contributed by atoms with Crippen LogP contribution < -0.4 is 5.32 Å². The zero-order valence-electron chi connectivity index (χ0n) is 9.72. The van der Waals surface area contributed by atoms with E-state index in [0.717, 1.165) is 13.0 Å². The fraction of sp³-hybridized carbons (Fsp3) is 0.308. The van der Waals surface area contributed by atoms with Gasteiger partial charge in [-0.1, -0.05) is 12.1 Å². The van der Waals surface area contributed by atoms with Gasteiger partial charge in [0.1, 0.15) is 12.3 Å². The SMILES string of the molecule is O=Cc1ccc(C(=O)OC(=O)[C@H]2CCCN2)cc1. The molecule has 0 spiro atoms. The Hall–Kier alpha value is -2.01. The lowest BCUT2D eigenvalue weighted by Crippen LogP contribution is -2.33. The number of benzene rings is 1. The molecule has 0 amide bonds. The first-order chi connectivity index (χ1) is 8.70. The predicted octanol–water partition coefficient (Wildman–Crippen LogP) is 0.935. The van der Waals surface area contributed by atoms with Gasteiger partial charge in [-0.3, -0.25) is 4.79 Å². The van der Waals surface area contributed by atoms with Gasteiger partial charge in [0, 0.05) is 5.56 Å². The van der Waals surface area contributed by atoms with Crippen LogP contribution in [0.15, 0.2) is 24.3 Å². The number of ether oxygens (including phenoxy) is 1. The van der Waals surface area contributed by atoms with Crippen LogP contribution in [0.25, 0.3) is 0 Å². The molecular weight excluding hydrogens is 234 g/mol. The van der Waals surface area contributed by atoms with Crippen LogP contribution in [-0.4, -0.2) is 30.8 Å². The molecule has 1 saturated heterocycles. The zero-order chi connectivity index (χ0) is 13.0. The van der Waals surface area contributed by atoms with Crippen molar-refractivity contribution in [2.75, 3.05) is 6.54 Å². The van der Waals surface area contributed by atoms with E-state index in [-0.39, 0.29) is 11.6 Å². The van der Waals surface area contributed by atoms with Crippen molar-refractivity contribution in [1.29, 1.82) is 0 Å². The minimum absolute atomic E-state index is 0.256. The highest BCUT2D eigenvalue weighted by Gasteiger charge is 2.25. The third-order valence-corrected chi connectivity index (χ3v) is 2.82. The van der Waals surface area contributed by atoms with Crippen LogP contribution in [-0.2, 0) is 9.53 Å². The molecule has 0 aromatic heterocycles. The van der Waals surface area contributed by atoms with Crippen molar-refractivity contribution >= 4 is 18.2 Å². The summed E-state index contributed by atoms with van der Waals surface area (Å²) in [5, 5.41) is 2.96. The van der Waals surface area contributed by atoms with Crippen LogP contribution in [0.2, 0.25) is 0 Å². The largest absolute Gasteiger partial charge is 0.388 e. The molecule has 0 aliphatic carbocycles. The van der Waals surface area contributed by atoms with E-state index in [2.05, 4.69) is 5.32 Å². The van der Waals surface area contributed by atoms with Crippen LogP contribution in [0, 0.1) is 0 Å². The van der Waals surface area contributed by atoms with E-state index in [9.17, 15) is 14.4 Å². The van der Waals surface area contributed by atoms with Crippen LogP contribution in [0.4, 0.5) is 0 Å². The quantitative estimate of drug-likeness (QED) is 0.489. The summed E-state index contributed by atoms with van der Waals surface area (Å²) in [7, 11) is 0. The Morgan fingerprint density at radius 1 is 1.28 bits per heavy atom. The lowest BCUT2D eigenvalue weighted by atomic mass is 10.1. The Bertz CT molecular complexity index is 460. The molecule has 1 fully saturated rings. The summed E-state index contributed by atoms with van der Waals surface area (Å²) in [4.78, 5) is 33.7. The van der Waals surface area contributed by atoms with Gasteiger partial charge in [0.2, 0.25) is 0 Å². The van der Waals surface area contributed by atoms with Crippen LogP contribution in [0.1, 0.15) is 33.6 Å². The third-order valence-electron chi connectivity index (χ3n) is 2.82. The van der Waals surface area contributed by atoms with Crippen molar-refractivity contribution < 1.29 is 19.1 Å². The molecule has 0 radical (unpaired) electrons. The van der Waals surface area contributed by atoms with E-state index in [1.54, 1.807) is 0 Å². The van der Waals surface area contributed by atoms with E-state index in [1.165, 1.54) is 24.3 Å². The molecule has 1 atom stereocenters. The summed E-state index contributed by atoms with van der Waals surface area (Å²) in [6, 6.07) is 5.54. The molecule has 94 valence electrons. The molecule has 5 nitrogen and oxygen atoms in total. The van der Waals surface area contributed by atoms with E-state index >= 15 is 0 Å². The minimum Gasteiger partial charge on any atom is -0.388 e. The van der Waals surface area contributed by atoms with E-state index in [0.29, 0.717) is 18.3 Å². The van der Waals surface area contributed by atoms with Gasteiger partial charge in [-0.15, -0.1) is 0 Å². The maximum Gasteiger partial charge on any atom is 0.345 e. The molecular formula is C13H13NO4. The highest BCUT2D eigenvalue weighted by atomic mass is 16.6. The van der Waals surface area contributed by atoms with Gasteiger partial charge in [-0.25, -0.2) is 9.59 Å². The first-order valence-electron chi connectivity index (χ1n) is 5.75. The molecule has 1 heterocycles. The normalized spacial score (nSPS) is 18.3. The molecule has 1 aromatic carbocycles. The van der Waals surface area contributed by atoms with Crippen molar-refractivity contribution in [3.63, 3.8) is 0 Å².